The molecule has 3 aromatic rings. The third-order valence-electron chi connectivity index (χ3n) is 3.03. The topological polar surface area (TPSA) is 87.7 Å². The summed E-state index contributed by atoms with van der Waals surface area (Å²) in [6.45, 7) is 0. The smallest absolute Gasteiger partial charge is 0.335 e. The van der Waals surface area contributed by atoms with Crippen LogP contribution in [0.3, 0.4) is 0 Å². The van der Waals surface area contributed by atoms with E-state index < -0.39 is 5.97 Å². The van der Waals surface area contributed by atoms with Crippen LogP contribution >= 0.6 is 0 Å². The average Bonchev–Trinajstić information content (AvgIpc) is 2.84. The molecule has 1 aromatic carbocycles. The van der Waals surface area contributed by atoms with Gasteiger partial charge in [-0.2, -0.15) is 0 Å². The molecule has 6 heteroatoms. The minimum Gasteiger partial charge on any atom is -0.508 e. The number of phenols is 1. The number of carboxylic acid groups (broad SMARTS) is 1. The summed E-state index contributed by atoms with van der Waals surface area (Å²) in [7, 11) is 0. The summed E-state index contributed by atoms with van der Waals surface area (Å²) in [5.41, 5.74) is 1.67. The van der Waals surface area contributed by atoms with Crippen LogP contribution in [0.1, 0.15) is 21.7 Å². The number of phenolic OH excluding ortho intramolecular Hbond substituents is 1. The molecule has 2 N–H and O–H groups in total. The summed E-state index contributed by atoms with van der Waals surface area (Å²) in [6, 6.07) is 9.83. The predicted molar refractivity (Wildman–Crippen MR) is 70.9 cm³/mol. The lowest BCUT2D eigenvalue weighted by molar-refractivity contribution is 0.0697. The van der Waals surface area contributed by atoms with Crippen molar-refractivity contribution < 1.29 is 15.0 Å². The maximum Gasteiger partial charge on any atom is 0.335 e. The Labute approximate surface area is 113 Å². The second kappa shape index (κ2) is 4.65. The van der Waals surface area contributed by atoms with Crippen LogP contribution in [0.25, 0.3) is 5.65 Å². The zero-order chi connectivity index (χ0) is 14.1. The number of benzene rings is 1. The average molecular weight is 269 g/mol. The molecule has 100 valence electrons. The van der Waals surface area contributed by atoms with Gasteiger partial charge in [-0.1, -0.05) is 12.1 Å². The van der Waals surface area contributed by atoms with Crippen LogP contribution in [0.2, 0.25) is 0 Å². The molecule has 0 bridgehead atoms. The molecule has 0 radical (unpaired) electrons. The predicted octanol–water partition coefficient (Wildman–Crippen LogP) is 1.72. The van der Waals surface area contributed by atoms with Crippen molar-refractivity contribution >= 4 is 11.6 Å². The van der Waals surface area contributed by atoms with Crippen molar-refractivity contribution in [2.45, 2.75) is 6.42 Å². The van der Waals surface area contributed by atoms with Gasteiger partial charge >= 0.3 is 5.97 Å². The molecule has 0 saturated carbocycles. The molecule has 6 nitrogen and oxygen atoms in total. The zero-order valence-electron chi connectivity index (χ0n) is 10.4. The third kappa shape index (κ3) is 2.18. The number of pyridine rings is 1. The summed E-state index contributed by atoms with van der Waals surface area (Å²) in [5.74, 6) is -0.0656. The highest BCUT2D eigenvalue weighted by Gasteiger charge is 2.09. The number of fused-ring (bicyclic) bond motifs is 1. The van der Waals surface area contributed by atoms with Crippen LogP contribution < -0.4 is 0 Å². The lowest BCUT2D eigenvalue weighted by atomic mass is 10.1. The Morgan fingerprint density at radius 2 is 1.90 bits per heavy atom. The van der Waals surface area contributed by atoms with Gasteiger partial charge in [-0.3, -0.25) is 4.40 Å². The van der Waals surface area contributed by atoms with Gasteiger partial charge in [-0.25, -0.2) is 4.79 Å². The minimum absolute atomic E-state index is 0.182. The highest BCUT2D eigenvalue weighted by atomic mass is 16.4. The first-order valence-corrected chi connectivity index (χ1v) is 5.98. The van der Waals surface area contributed by atoms with Crippen LogP contribution in [0.4, 0.5) is 0 Å². The van der Waals surface area contributed by atoms with Crippen molar-refractivity contribution in [2.24, 2.45) is 0 Å². The Balaban J connectivity index is 1.96. The molecule has 0 fully saturated rings. The molecule has 20 heavy (non-hydrogen) atoms. The molecule has 0 aliphatic heterocycles. The van der Waals surface area contributed by atoms with Gasteiger partial charge in [-0.15, -0.1) is 10.2 Å². The molecular formula is C14H11N3O3. The number of hydrogen-bond donors (Lipinski definition) is 2. The number of rotatable bonds is 3. The van der Waals surface area contributed by atoms with Gasteiger partial charge in [-0.05, 0) is 29.8 Å². The molecule has 0 saturated heterocycles. The Kier molecular flexibility index (Phi) is 2.83. The van der Waals surface area contributed by atoms with Crippen molar-refractivity contribution in [3.63, 3.8) is 0 Å². The molecule has 0 amide bonds. The summed E-state index contributed by atoms with van der Waals surface area (Å²) in [5, 5.41) is 26.2. The molecule has 0 spiro atoms. The second-order valence-electron chi connectivity index (χ2n) is 4.41. The van der Waals surface area contributed by atoms with Crippen LogP contribution in [0.15, 0.2) is 42.6 Å². The third-order valence-corrected chi connectivity index (χ3v) is 3.03. The van der Waals surface area contributed by atoms with E-state index >= 15 is 0 Å². The maximum absolute atomic E-state index is 10.9. The molecule has 0 aliphatic rings. The number of carbonyl (C=O) groups is 1. The molecule has 2 aromatic heterocycles. The Morgan fingerprint density at radius 3 is 2.60 bits per heavy atom. The van der Waals surface area contributed by atoms with Crippen molar-refractivity contribution in [2.75, 3.05) is 0 Å². The number of aromatic carboxylic acids is 1. The van der Waals surface area contributed by atoms with Gasteiger partial charge in [0.25, 0.3) is 0 Å². The number of aromatic hydroxyl groups is 1. The number of nitrogens with zero attached hydrogens (tertiary/aromatic N) is 3. The minimum atomic E-state index is -0.990. The van der Waals surface area contributed by atoms with Crippen LogP contribution in [0.5, 0.6) is 5.75 Å². The largest absolute Gasteiger partial charge is 0.508 e. The van der Waals surface area contributed by atoms with Crippen molar-refractivity contribution in [1.82, 2.24) is 14.6 Å². The van der Waals surface area contributed by atoms with E-state index in [0.717, 1.165) is 5.56 Å². The maximum atomic E-state index is 10.9. The van der Waals surface area contributed by atoms with Crippen LogP contribution in [0, 0.1) is 0 Å². The first-order valence-electron chi connectivity index (χ1n) is 5.98. The van der Waals surface area contributed by atoms with E-state index in [1.807, 2.05) is 12.1 Å². The molecule has 2 heterocycles. The van der Waals surface area contributed by atoms with Gasteiger partial charge in [0.2, 0.25) is 0 Å². The zero-order valence-corrected chi connectivity index (χ0v) is 10.4. The van der Waals surface area contributed by atoms with Crippen molar-refractivity contribution in [3.05, 3.63) is 59.5 Å². The molecule has 0 atom stereocenters. The number of carboxylic acids is 1. The Bertz CT molecular complexity index is 778. The van der Waals surface area contributed by atoms with E-state index in [-0.39, 0.29) is 11.3 Å². The number of hydrogen-bond acceptors (Lipinski definition) is 4. The Hall–Kier alpha value is -2.89. The van der Waals surface area contributed by atoms with Gasteiger partial charge in [0.05, 0.1) is 5.56 Å². The lowest BCUT2D eigenvalue weighted by Crippen LogP contribution is -2.00. The van der Waals surface area contributed by atoms with E-state index in [1.165, 1.54) is 12.1 Å². The lowest BCUT2D eigenvalue weighted by Gasteiger charge is -2.01. The van der Waals surface area contributed by atoms with Gasteiger partial charge in [0, 0.05) is 12.6 Å². The fourth-order valence-electron chi connectivity index (χ4n) is 1.99. The normalized spacial score (nSPS) is 10.8. The SMILES string of the molecule is O=C(O)c1ccn2c(Cc3ccc(O)cc3)nnc2c1. The highest BCUT2D eigenvalue weighted by Crippen LogP contribution is 2.14. The standard InChI is InChI=1S/C14H11N3O3/c18-11-3-1-9(2-4-11)7-12-15-16-13-8-10(14(19)20)5-6-17(12)13/h1-6,8,18H,7H2,(H,19,20). The molecule has 0 unspecified atom stereocenters. The Morgan fingerprint density at radius 1 is 1.15 bits per heavy atom. The molecular weight excluding hydrogens is 258 g/mol. The fourth-order valence-corrected chi connectivity index (χ4v) is 1.99. The van der Waals surface area contributed by atoms with E-state index in [2.05, 4.69) is 10.2 Å². The summed E-state index contributed by atoms with van der Waals surface area (Å²) in [6.07, 6.45) is 2.20. The number of aromatic nitrogens is 3. The van der Waals surface area contributed by atoms with E-state index in [0.29, 0.717) is 17.9 Å². The quantitative estimate of drug-likeness (QED) is 0.756. The summed E-state index contributed by atoms with van der Waals surface area (Å²) >= 11 is 0. The van der Waals surface area contributed by atoms with Crippen molar-refractivity contribution in [3.8, 4) is 5.75 Å². The van der Waals surface area contributed by atoms with Gasteiger partial charge in [0.1, 0.15) is 11.6 Å². The highest BCUT2D eigenvalue weighted by molar-refractivity contribution is 5.88. The van der Waals surface area contributed by atoms with Gasteiger partial charge < -0.3 is 10.2 Å². The van der Waals surface area contributed by atoms with Crippen molar-refractivity contribution in [1.29, 1.82) is 0 Å². The van der Waals surface area contributed by atoms with E-state index in [4.69, 9.17) is 5.11 Å². The van der Waals surface area contributed by atoms with E-state index in [1.54, 1.807) is 22.7 Å². The van der Waals surface area contributed by atoms with Gasteiger partial charge in [0.15, 0.2) is 5.65 Å². The van der Waals surface area contributed by atoms with E-state index in [9.17, 15) is 9.90 Å². The molecule has 3 rings (SSSR count). The molecule has 0 aliphatic carbocycles. The van der Waals surface area contributed by atoms with Crippen LogP contribution in [-0.2, 0) is 6.42 Å². The first-order chi connectivity index (χ1) is 9.63. The second-order valence-corrected chi connectivity index (χ2v) is 4.41. The monoisotopic (exact) mass is 269 g/mol. The summed E-state index contributed by atoms with van der Waals surface area (Å²) in [4.78, 5) is 10.9. The fraction of sp³-hybridized carbons (Fsp3) is 0.0714. The first kappa shape index (κ1) is 12.2. The van der Waals surface area contributed by atoms with Crippen LogP contribution in [-0.4, -0.2) is 30.8 Å². The summed E-state index contributed by atoms with van der Waals surface area (Å²) < 4.78 is 1.75.